The van der Waals surface area contributed by atoms with Gasteiger partial charge in [0.15, 0.2) is 0 Å². The number of amides is 1. The second-order valence-corrected chi connectivity index (χ2v) is 8.61. The second kappa shape index (κ2) is 9.51. The van der Waals surface area contributed by atoms with Gasteiger partial charge in [0.05, 0.1) is 28.6 Å². The number of imidazole rings is 1. The van der Waals surface area contributed by atoms with Crippen LogP contribution in [0.3, 0.4) is 0 Å². The van der Waals surface area contributed by atoms with Crippen LogP contribution in [-0.4, -0.2) is 36.6 Å². The highest BCUT2D eigenvalue weighted by atomic mass is 35.5. The SMILES string of the molecule is Cn1cnc2cc(-c3cccn4c(C(=O)c5cc(F)c(NC(=O)/C=C/CCl)c(F)c5)ccc34)c(O)cc21. The quantitative estimate of drug-likeness (QED) is 0.177. The fourth-order valence-electron chi connectivity index (χ4n) is 4.22. The van der Waals surface area contributed by atoms with E-state index in [0.717, 1.165) is 23.7 Å². The molecule has 0 radical (unpaired) electrons. The maximum absolute atomic E-state index is 14.7. The molecular weight excluding hydrogens is 502 g/mol. The highest BCUT2D eigenvalue weighted by Crippen LogP contribution is 2.36. The van der Waals surface area contributed by atoms with Crippen LogP contribution in [0.4, 0.5) is 14.5 Å². The van der Waals surface area contributed by atoms with Gasteiger partial charge in [0.1, 0.15) is 23.1 Å². The lowest BCUT2D eigenvalue weighted by atomic mass is 10.0. The van der Waals surface area contributed by atoms with Gasteiger partial charge in [0.2, 0.25) is 11.7 Å². The summed E-state index contributed by atoms with van der Waals surface area (Å²) in [5, 5.41) is 12.8. The minimum absolute atomic E-state index is 0.0425. The van der Waals surface area contributed by atoms with Crippen molar-refractivity contribution in [1.29, 1.82) is 0 Å². The average molecular weight is 521 g/mol. The number of fused-ring (bicyclic) bond motifs is 2. The van der Waals surface area contributed by atoms with E-state index in [1.54, 1.807) is 57.9 Å². The van der Waals surface area contributed by atoms with Crippen LogP contribution >= 0.6 is 11.6 Å². The van der Waals surface area contributed by atoms with Crippen LogP contribution in [0.5, 0.6) is 5.75 Å². The molecule has 0 fully saturated rings. The molecule has 186 valence electrons. The van der Waals surface area contributed by atoms with Gasteiger partial charge < -0.3 is 19.4 Å². The lowest BCUT2D eigenvalue weighted by Gasteiger charge is -2.10. The molecule has 37 heavy (non-hydrogen) atoms. The standard InChI is InChI=1S/C27H19ClF2N4O3/c1-33-14-31-20-12-17(24(35)13-23(20)33)16-4-3-9-34-21(16)6-7-22(34)27(37)15-10-18(29)26(19(30)11-15)32-25(36)5-2-8-28/h2-7,9-14,35H,8H2,1H3,(H,32,36)/b5-2+. The number of aromatic nitrogens is 3. The third-order valence-corrected chi connectivity index (χ3v) is 6.15. The molecule has 0 atom stereocenters. The summed E-state index contributed by atoms with van der Waals surface area (Å²) in [4.78, 5) is 29.4. The van der Waals surface area contributed by atoms with Gasteiger partial charge in [0, 0.05) is 48.0 Å². The van der Waals surface area contributed by atoms with Crippen molar-refractivity contribution in [3.8, 4) is 16.9 Å². The monoisotopic (exact) mass is 520 g/mol. The summed E-state index contributed by atoms with van der Waals surface area (Å²) in [5.41, 5.74) is 2.50. The number of allylic oxidation sites excluding steroid dienone is 1. The molecule has 5 rings (SSSR count). The van der Waals surface area contributed by atoms with Crippen LogP contribution in [0, 0.1) is 11.6 Å². The number of aryl methyl sites for hydroxylation is 1. The van der Waals surface area contributed by atoms with Gasteiger partial charge in [-0.1, -0.05) is 12.1 Å². The van der Waals surface area contributed by atoms with Crippen molar-refractivity contribution in [1.82, 2.24) is 14.0 Å². The Morgan fingerprint density at radius 1 is 1.08 bits per heavy atom. The molecule has 0 aliphatic heterocycles. The fourth-order valence-corrected chi connectivity index (χ4v) is 4.31. The third kappa shape index (κ3) is 4.34. The number of nitrogens with zero attached hydrogens (tertiary/aromatic N) is 3. The van der Waals surface area contributed by atoms with Crippen LogP contribution in [0.15, 0.2) is 73.2 Å². The molecule has 10 heteroatoms. The Bertz CT molecular complexity index is 1720. The number of alkyl halides is 1. The van der Waals surface area contributed by atoms with Gasteiger partial charge in [-0.15, -0.1) is 11.6 Å². The van der Waals surface area contributed by atoms with Crippen LogP contribution in [0.1, 0.15) is 16.1 Å². The Balaban J connectivity index is 1.53. The molecule has 0 aliphatic rings. The van der Waals surface area contributed by atoms with E-state index < -0.39 is 29.0 Å². The molecule has 0 aliphatic carbocycles. The normalized spacial score (nSPS) is 11.6. The van der Waals surface area contributed by atoms with Crippen molar-refractivity contribution < 1.29 is 23.5 Å². The predicted molar refractivity (Wildman–Crippen MR) is 137 cm³/mol. The summed E-state index contributed by atoms with van der Waals surface area (Å²) in [5.74, 6) is -3.46. The first-order valence-electron chi connectivity index (χ1n) is 11.1. The Labute approximate surface area is 214 Å². The van der Waals surface area contributed by atoms with Crippen molar-refractivity contribution >= 4 is 45.5 Å². The molecular formula is C27H19ClF2N4O3. The average Bonchev–Trinajstić information content (AvgIpc) is 3.47. The molecule has 0 spiro atoms. The van der Waals surface area contributed by atoms with Gasteiger partial charge in [-0.2, -0.15) is 0 Å². The number of pyridine rings is 1. The molecule has 5 aromatic rings. The van der Waals surface area contributed by atoms with Crippen LogP contribution < -0.4 is 5.32 Å². The molecule has 0 saturated heterocycles. The number of aromatic hydroxyl groups is 1. The summed E-state index contributed by atoms with van der Waals surface area (Å²) >= 11 is 5.46. The number of phenolic OH excluding ortho intramolecular Hbond substituents is 1. The van der Waals surface area contributed by atoms with E-state index in [2.05, 4.69) is 10.3 Å². The van der Waals surface area contributed by atoms with Gasteiger partial charge in [-0.05, 0) is 36.4 Å². The minimum atomic E-state index is -1.09. The van der Waals surface area contributed by atoms with E-state index in [-0.39, 0.29) is 22.9 Å². The number of carbonyl (C=O) groups excluding carboxylic acids is 2. The molecule has 7 nitrogen and oxygen atoms in total. The van der Waals surface area contributed by atoms with E-state index >= 15 is 0 Å². The largest absolute Gasteiger partial charge is 0.507 e. The maximum atomic E-state index is 14.7. The minimum Gasteiger partial charge on any atom is -0.507 e. The topological polar surface area (TPSA) is 88.6 Å². The number of carbonyl (C=O) groups is 2. The molecule has 3 heterocycles. The number of anilines is 1. The summed E-state index contributed by atoms with van der Waals surface area (Å²) in [6.07, 6.45) is 5.67. The molecule has 0 unspecified atom stereocenters. The lowest BCUT2D eigenvalue weighted by Crippen LogP contribution is -2.13. The van der Waals surface area contributed by atoms with E-state index in [0.29, 0.717) is 22.2 Å². The van der Waals surface area contributed by atoms with Gasteiger partial charge in [-0.3, -0.25) is 9.59 Å². The first-order chi connectivity index (χ1) is 17.8. The highest BCUT2D eigenvalue weighted by molar-refractivity contribution is 6.19. The van der Waals surface area contributed by atoms with E-state index in [9.17, 15) is 23.5 Å². The Morgan fingerprint density at radius 3 is 2.57 bits per heavy atom. The molecule has 2 N–H and O–H groups in total. The number of nitrogens with one attached hydrogen (secondary N) is 1. The van der Waals surface area contributed by atoms with Crippen molar-refractivity contribution in [2.45, 2.75) is 0 Å². The number of rotatable bonds is 6. The first kappa shape index (κ1) is 24.2. The molecule has 2 aromatic carbocycles. The maximum Gasteiger partial charge on any atom is 0.248 e. The second-order valence-electron chi connectivity index (χ2n) is 8.30. The number of benzene rings is 2. The van der Waals surface area contributed by atoms with Gasteiger partial charge >= 0.3 is 0 Å². The molecule has 1 amide bonds. The highest BCUT2D eigenvalue weighted by Gasteiger charge is 2.21. The predicted octanol–water partition coefficient (Wildman–Crippen LogP) is 5.44. The first-order valence-corrected chi connectivity index (χ1v) is 11.6. The number of phenols is 1. The third-order valence-electron chi connectivity index (χ3n) is 5.97. The number of ketones is 1. The summed E-state index contributed by atoms with van der Waals surface area (Å²) in [6, 6.07) is 11.8. The zero-order valence-electron chi connectivity index (χ0n) is 19.4. The Morgan fingerprint density at radius 2 is 1.84 bits per heavy atom. The molecule has 0 bridgehead atoms. The lowest BCUT2D eigenvalue weighted by molar-refractivity contribution is -0.112. The van der Waals surface area contributed by atoms with Crippen molar-refractivity contribution in [3.05, 3.63) is 96.1 Å². The Kier molecular flexibility index (Phi) is 6.22. The van der Waals surface area contributed by atoms with Crippen LogP contribution in [-0.2, 0) is 11.8 Å². The number of hydrogen-bond acceptors (Lipinski definition) is 4. The van der Waals surface area contributed by atoms with E-state index in [1.165, 1.54) is 6.08 Å². The van der Waals surface area contributed by atoms with Crippen molar-refractivity contribution in [3.63, 3.8) is 0 Å². The van der Waals surface area contributed by atoms with E-state index in [1.807, 2.05) is 7.05 Å². The number of halogens is 3. The van der Waals surface area contributed by atoms with E-state index in [4.69, 9.17) is 11.6 Å². The summed E-state index contributed by atoms with van der Waals surface area (Å²) < 4.78 is 32.7. The van der Waals surface area contributed by atoms with Crippen molar-refractivity contribution in [2.75, 3.05) is 11.2 Å². The smallest absolute Gasteiger partial charge is 0.248 e. The van der Waals surface area contributed by atoms with Crippen LogP contribution in [0.2, 0.25) is 0 Å². The molecule has 3 aromatic heterocycles. The van der Waals surface area contributed by atoms with Gasteiger partial charge in [0.25, 0.3) is 0 Å². The van der Waals surface area contributed by atoms with Gasteiger partial charge in [-0.25, -0.2) is 13.8 Å². The zero-order chi connectivity index (χ0) is 26.3. The fraction of sp³-hybridized carbons (Fsp3) is 0.0741. The van der Waals surface area contributed by atoms with Crippen molar-refractivity contribution in [2.24, 2.45) is 7.05 Å². The Hall–Kier alpha value is -4.50. The number of hydrogen-bond donors (Lipinski definition) is 2. The zero-order valence-corrected chi connectivity index (χ0v) is 20.1. The summed E-state index contributed by atoms with van der Waals surface area (Å²) in [6.45, 7) is 0. The van der Waals surface area contributed by atoms with Crippen LogP contribution in [0.25, 0.3) is 27.7 Å². The summed E-state index contributed by atoms with van der Waals surface area (Å²) in [7, 11) is 1.82. The molecule has 0 saturated carbocycles.